The number of benzene rings is 1. The van der Waals surface area contributed by atoms with Crippen LogP contribution in [0.15, 0.2) is 30.6 Å². The minimum absolute atomic E-state index is 0.0840. The number of non-ortho nitro benzene ring substituents is 1. The average Bonchev–Trinajstić information content (AvgIpc) is 2.87. The second-order valence-corrected chi connectivity index (χ2v) is 4.56. The van der Waals surface area contributed by atoms with Crippen molar-refractivity contribution in [2.75, 3.05) is 0 Å². The third-order valence-corrected chi connectivity index (χ3v) is 2.76. The maximum atomic E-state index is 10.7. The molecule has 7 nitrogen and oxygen atoms in total. The molecule has 0 bridgehead atoms. The van der Waals surface area contributed by atoms with Gasteiger partial charge in [-0.1, -0.05) is 0 Å². The lowest BCUT2D eigenvalue weighted by Crippen LogP contribution is -1.99. The van der Waals surface area contributed by atoms with E-state index in [4.69, 9.17) is 4.74 Å². The van der Waals surface area contributed by atoms with Crippen molar-refractivity contribution in [3.63, 3.8) is 0 Å². The quantitative estimate of drug-likeness (QED) is 0.670. The molecular weight excluding hydrogens is 262 g/mol. The first-order chi connectivity index (χ1) is 9.51. The van der Waals surface area contributed by atoms with E-state index in [1.807, 2.05) is 13.8 Å². The van der Waals surface area contributed by atoms with Crippen LogP contribution >= 0.6 is 0 Å². The lowest BCUT2D eigenvalue weighted by molar-refractivity contribution is -0.385. The summed E-state index contributed by atoms with van der Waals surface area (Å²) in [6.45, 7) is 3.64. The first kappa shape index (κ1) is 14.0. The molecule has 1 aromatic heterocycles. The number of ether oxygens (including phenoxy) is 1. The van der Waals surface area contributed by atoms with E-state index in [0.29, 0.717) is 17.1 Å². The van der Waals surface area contributed by atoms with Crippen LogP contribution in [-0.4, -0.2) is 19.8 Å². The van der Waals surface area contributed by atoms with Gasteiger partial charge in [-0.05, 0) is 19.9 Å². The van der Waals surface area contributed by atoms with Gasteiger partial charge in [-0.3, -0.25) is 14.8 Å². The highest BCUT2D eigenvalue weighted by Gasteiger charge is 2.12. The summed E-state index contributed by atoms with van der Waals surface area (Å²) in [7, 11) is 0. The Bertz CT molecular complexity index is 622. The number of aromatic nitrogens is 2. The van der Waals surface area contributed by atoms with E-state index in [1.54, 1.807) is 17.1 Å². The Morgan fingerprint density at radius 3 is 2.80 bits per heavy atom. The van der Waals surface area contributed by atoms with Crippen molar-refractivity contribution in [2.45, 2.75) is 26.5 Å². The van der Waals surface area contributed by atoms with Gasteiger partial charge in [0.25, 0.3) is 5.69 Å². The summed E-state index contributed by atoms with van der Waals surface area (Å²) >= 11 is 0. The zero-order valence-electron chi connectivity index (χ0n) is 11.2. The zero-order chi connectivity index (χ0) is 14.7. The largest absolute Gasteiger partial charge is 0.454 e. The Morgan fingerprint density at radius 1 is 1.50 bits per heavy atom. The van der Waals surface area contributed by atoms with E-state index in [9.17, 15) is 15.2 Å². The number of hydrogen-bond donors (Lipinski definition) is 1. The topological polar surface area (TPSA) is 90.4 Å². The fourth-order valence-electron chi connectivity index (χ4n) is 1.69. The monoisotopic (exact) mass is 277 g/mol. The Labute approximate surface area is 115 Å². The number of nitro benzene ring substituents is 1. The fraction of sp³-hybridized carbons (Fsp3) is 0.308. The molecule has 1 N–H and O–H groups in total. The van der Waals surface area contributed by atoms with Crippen LogP contribution in [0.2, 0.25) is 0 Å². The molecule has 1 heterocycles. The summed E-state index contributed by atoms with van der Waals surface area (Å²) < 4.78 is 7.34. The van der Waals surface area contributed by atoms with Crippen molar-refractivity contribution < 1.29 is 14.8 Å². The maximum Gasteiger partial charge on any atom is 0.270 e. The van der Waals surface area contributed by atoms with Crippen molar-refractivity contribution in [3.05, 3.63) is 46.3 Å². The highest BCUT2D eigenvalue weighted by atomic mass is 16.6. The van der Waals surface area contributed by atoms with Crippen LogP contribution in [0.3, 0.4) is 0 Å². The first-order valence-electron chi connectivity index (χ1n) is 6.11. The molecule has 0 aliphatic rings. The number of nitro groups is 1. The van der Waals surface area contributed by atoms with E-state index in [2.05, 4.69) is 5.10 Å². The predicted molar refractivity (Wildman–Crippen MR) is 71.7 cm³/mol. The summed E-state index contributed by atoms with van der Waals surface area (Å²) in [5, 5.41) is 24.1. The summed E-state index contributed by atoms with van der Waals surface area (Å²) in [4.78, 5) is 10.2. The molecular formula is C13H15N3O4. The molecule has 20 heavy (non-hydrogen) atoms. The van der Waals surface area contributed by atoms with Crippen molar-refractivity contribution in [1.82, 2.24) is 9.78 Å². The summed E-state index contributed by atoms with van der Waals surface area (Å²) in [5.74, 6) is 0.892. The lowest BCUT2D eigenvalue weighted by Gasteiger charge is -2.08. The molecule has 0 saturated heterocycles. The third-order valence-electron chi connectivity index (χ3n) is 2.76. The van der Waals surface area contributed by atoms with E-state index in [0.717, 1.165) is 0 Å². The molecule has 2 aromatic rings. The van der Waals surface area contributed by atoms with Gasteiger partial charge in [-0.15, -0.1) is 0 Å². The smallest absolute Gasteiger partial charge is 0.270 e. The second kappa shape index (κ2) is 5.70. The first-order valence-corrected chi connectivity index (χ1v) is 6.11. The van der Waals surface area contributed by atoms with Crippen LogP contribution in [0.4, 0.5) is 5.69 Å². The van der Waals surface area contributed by atoms with Crippen molar-refractivity contribution in [2.24, 2.45) is 0 Å². The number of aliphatic hydroxyl groups excluding tert-OH is 1. The summed E-state index contributed by atoms with van der Waals surface area (Å²) in [5.41, 5.74) is 0.274. The normalized spacial score (nSPS) is 10.8. The van der Waals surface area contributed by atoms with E-state index in [-0.39, 0.29) is 18.3 Å². The van der Waals surface area contributed by atoms with Gasteiger partial charge in [0.15, 0.2) is 5.75 Å². The SMILES string of the molecule is CC(C)n1cc(Oc2ccc([N+](=O)[O-])cc2CO)cn1. The van der Waals surface area contributed by atoms with Crippen molar-refractivity contribution in [3.8, 4) is 11.5 Å². The van der Waals surface area contributed by atoms with Crippen molar-refractivity contribution >= 4 is 5.69 Å². The van der Waals surface area contributed by atoms with Gasteiger partial charge in [0, 0.05) is 23.7 Å². The predicted octanol–water partition coefficient (Wildman–Crippen LogP) is 2.66. The molecule has 106 valence electrons. The van der Waals surface area contributed by atoms with Crippen LogP contribution in [0.1, 0.15) is 25.5 Å². The number of hydrogen-bond acceptors (Lipinski definition) is 5. The number of rotatable bonds is 5. The van der Waals surface area contributed by atoms with Gasteiger partial charge in [0.1, 0.15) is 5.75 Å². The molecule has 0 unspecified atom stereocenters. The molecule has 0 fully saturated rings. The van der Waals surface area contributed by atoms with E-state index < -0.39 is 4.92 Å². The number of nitrogens with zero attached hydrogens (tertiary/aromatic N) is 3. The van der Waals surface area contributed by atoms with Crippen LogP contribution < -0.4 is 4.74 Å². The molecule has 0 radical (unpaired) electrons. The van der Waals surface area contributed by atoms with Gasteiger partial charge in [0.05, 0.1) is 23.9 Å². The molecule has 0 aliphatic heterocycles. The summed E-state index contributed by atoms with van der Waals surface area (Å²) in [6, 6.07) is 4.31. The van der Waals surface area contributed by atoms with Gasteiger partial charge in [-0.25, -0.2) is 0 Å². The van der Waals surface area contributed by atoms with Crippen LogP contribution in [-0.2, 0) is 6.61 Å². The highest BCUT2D eigenvalue weighted by Crippen LogP contribution is 2.28. The number of aliphatic hydroxyl groups is 1. The third kappa shape index (κ3) is 2.94. The Morgan fingerprint density at radius 2 is 2.25 bits per heavy atom. The molecule has 1 aromatic carbocycles. The maximum absolute atomic E-state index is 10.7. The Kier molecular flexibility index (Phi) is 3.99. The van der Waals surface area contributed by atoms with Crippen LogP contribution in [0.5, 0.6) is 11.5 Å². The molecule has 2 rings (SSSR count). The minimum Gasteiger partial charge on any atom is -0.454 e. The van der Waals surface area contributed by atoms with E-state index in [1.165, 1.54) is 18.2 Å². The highest BCUT2D eigenvalue weighted by molar-refractivity contribution is 5.45. The van der Waals surface area contributed by atoms with Gasteiger partial charge >= 0.3 is 0 Å². The van der Waals surface area contributed by atoms with Crippen molar-refractivity contribution in [1.29, 1.82) is 0 Å². The van der Waals surface area contributed by atoms with Crippen LogP contribution in [0, 0.1) is 10.1 Å². The molecule has 7 heteroatoms. The molecule has 0 saturated carbocycles. The van der Waals surface area contributed by atoms with Crippen LogP contribution in [0.25, 0.3) is 0 Å². The molecule has 0 amide bonds. The lowest BCUT2D eigenvalue weighted by atomic mass is 10.2. The second-order valence-electron chi connectivity index (χ2n) is 4.56. The van der Waals surface area contributed by atoms with Gasteiger partial charge in [-0.2, -0.15) is 5.10 Å². The van der Waals surface area contributed by atoms with E-state index >= 15 is 0 Å². The Balaban J connectivity index is 2.25. The average molecular weight is 277 g/mol. The standard InChI is InChI=1S/C13H15N3O4/c1-9(2)15-7-12(6-14-15)20-13-4-3-11(16(18)19)5-10(13)8-17/h3-7,9,17H,8H2,1-2H3. The minimum atomic E-state index is -0.514. The Hall–Kier alpha value is -2.41. The summed E-state index contributed by atoms with van der Waals surface area (Å²) in [6.07, 6.45) is 3.29. The zero-order valence-corrected chi connectivity index (χ0v) is 11.2. The molecule has 0 aliphatic carbocycles. The van der Waals surface area contributed by atoms with Gasteiger partial charge in [0.2, 0.25) is 0 Å². The van der Waals surface area contributed by atoms with Gasteiger partial charge < -0.3 is 9.84 Å². The fourth-order valence-corrected chi connectivity index (χ4v) is 1.69. The molecule has 0 atom stereocenters. The molecule has 0 spiro atoms.